The SMILES string of the molecule is O=C(O)c1ncc(I)c(C(F)F)c1Cl. The van der Waals surface area contributed by atoms with E-state index in [1.807, 2.05) is 0 Å². The number of hydrogen-bond acceptors (Lipinski definition) is 2. The van der Waals surface area contributed by atoms with Crippen LogP contribution >= 0.6 is 34.2 Å². The van der Waals surface area contributed by atoms with Gasteiger partial charge in [0, 0.05) is 9.77 Å². The summed E-state index contributed by atoms with van der Waals surface area (Å²) in [6.07, 6.45) is -1.76. The van der Waals surface area contributed by atoms with E-state index in [4.69, 9.17) is 16.7 Å². The van der Waals surface area contributed by atoms with Gasteiger partial charge in [0.15, 0.2) is 5.69 Å². The van der Waals surface area contributed by atoms with Crippen LogP contribution in [-0.4, -0.2) is 16.1 Å². The highest BCUT2D eigenvalue weighted by Gasteiger charge is 2.22. The van der Waals surface area contributed by atoms with Gasteiger partial charge in [0.1, 0.15) is 0 Å². The second-order valence-electron chi connectivity index (χ2n) is 2.29. The van der Waals surface area contributed by atoms with Crippen LogP contribution in [-0.2, 0) is 0 Å². The predicted octanol–water partition coefficient (Wildman–Crippen LogP) is 2.98. The van der Waals surface area contributed by atoms with Gasteiger partial charge in [-0.2, -0.15) is 0 Å². The molecule has 0 bridgehead atoms. The number of nitrogens with zero attached hydrogens (tertiary/aromatic N) is 1. The number of carboxylic acids is 1. The van der Waals surface area contributed by atoms with E-state index in [-0.39, 0.29) is 3.57 Å². The topological polar surface area (TPSA) is 50.2 Å². The van der Waals surface area contributed by atoms with Crippen molar-refractivity contribution in [1.82, 2.24) is 4.98 Å². The molecule has 7 heteroatoms. The summed E-state index contributed by atoms with van der Waals surface area (Å²) in [5.74, 6) is -1.42. The molecule has 0 saturated heterocycles. The molecule has 76 valence electrons. The molecular weight excluding hydrogens is 330 g/mol. The summed E-state index contributed by atoms with van der Waals surface area (Å²) < 4.78 is 25.0. The van der Waals surface area contributed by atoms with E-state index in [0.29, 0.717) is 0 Å². The minimum absolute atomic E-state index is 0.146. The molecule has 1 rings (SSSR count). The van der Waals surface area contributed by atoms with Crippen molar-refractivity contribution in [3.05, 3.63) is 26.0 Å². The van der Waals surface area contributed by atoms with E-state index in [1.165, 1.54) is 0 Å². The van der Waals surface area contributed by atoms with E-state index in [0.717, 1.165) is 6.20 Å². The highest BCUT2D eigenvalue weighted by atomic mass is 127. The monoisotopic (exact) mass is 333 g/mol. The van der Waals surface area contributed by atoms with Gasteiger partial charge in [0.05, 0.1) is 10.6 Å². The second kappa shape index (κ2) is 4.35. The lowest BCUT2D eigenvalue weighted by molar-refractivity contribution is 0.0690. The van der Waals surface area contributed by atoms with Gasteiger partial charge in [-0.3, -0.25) is 0 Å². The van der Waals surface area contributed by atoms with Gasteiger partial charge in [-0.25, -0.2) is 18.6 Å². The molecule has 0 aliphatic carbocycles. The standard InChI is InChI=1S/C7H3ClF2INO2/c8-4-3(6(9)10)2(11)1-12-5(4)7(13)14/h1,6H,(H,13,14). The minimum atomic E-state index is -2.81. The molecule has 0 aromatic carbocycles. The molecule has 0 atom stereocenters. The normalized spacial score (nSPS) is 10.6. The maximum Gasteiger partial charge on any atom is 0.356 e. The van der Waals surface area contributed by atoms with Gasteiger partial charge in [0.2, 0.25) is 0 Å². The van der Waals surface area contributed by atoms with Gasteiger partial charge < -0.3 is 5.11 Å². The van der Waals surface area contributed by atoms with Gasteiger partial charge >= 0.3 is 5.97 Å². The minimum Gasteiger partial charge on any atom is -0.476 e. The molecule has 0 saturated carbocycles. The molecule has 0 fully saturated rings. The first-order valence-electron chi connectivity index (χ1n) is 3.30. The molecule has 1 N–H and O–H groups in total. The lowest BCUT2D eigenvalue weighted by Gasteiger charge is -2.07. The second-order valence-corrected chi connectivity index (χ2v) is 3.83. The smallest absolute Gasteiger partial charge is 0.356 e. The van der Waals surface area contributed by atoms with Crippen molar-refractivity contribution in [2.75, 3.05) is 0 Å². The van der Waals surface area contributed by atoms with Crippen LogP contribution in [0.5, 0.6) is 0 Å². The number of pyridine rings is 1. The molecule has 0 unspecified atom stereocenters. The van der Waals surface area contributed by atoms with Crippen LogP contribution in [0.25, 0.3) is 0 Å². The largest absolute Gasteiger partial charge is 0.476 e. The third-order valence-corrected chi connectivity index (χ3v) is 2.67. The van der Waals surface area contributed by atoms with Gasteiger partial charge in [-0.15, -0.1) is 0 Å². The third kappa shape index (κ3) is 2.11. The first-order chi connectivity index (χ1) is 6.45. The Labute approximate surface area is 96.2 Å². The zero-order valence-corrected chi connectivity index (χ0v) is 9.38. The molecule has 0 aliphatic rings. The molecule has 0 radical (unpaired) electrons. The number of carboxylic acid groups (broad SMARTS) is 1. The van der Waals surface area contributed by atoms with Crippen LogP contribution in [0.2, 0.25) is 5.02 Å². The molecule has 14 heavy (non-hydrogen) atoms. The van der Waals surface area contributed by atoms with Crippen LogP contribution in [0.15, 0.2) is 6.20 Å². The first-order valence-corrected chi connectivity index (χ1v) is 4.76. The van der Waals surface area contributed by atoms with Crippen molar-refractivity contribution in [2.24, 2.45) is 0 Å². The van der Waals surface area contributed by atoms with Crippen LogP contribution in [0.4, 0.5) is 8.78 Å². The fourth-order valence-corrected chi connectivity index (χ4v) is 1.95. The molecule has 0 spiro atoms. The van der Waals surface area contributed by atoms with Crippen molar-refractivity contribution < 1.29 is 18.7 Å². The first kappa shape index (κ1) is 11.6. The summed E-state index contributed by atoms with van der Waals surface area (Å²) in [6, 6.07) is 0. The van der Waals surface area contributed by atoms with E-state index in [2.05, 4.69) is 4.98 Å². The molecule has 1 aromatic rings. The molecule has 1 heterocycles. The molecule has 0 amide bonds. The Morgan fingerprint density at radius 2 is 2.21 bits per heavy atom. The van der Waals surface area contributed by atoms with E-state index in [9.17, 15) is 13.6 Å². The van der Waals surface area contributed by atoms with Crippen molar-refractivity contribution in [3.63, 3.8) is 0 Å². The van der Waals surface area contributed by atoms with Crippen molar-refractivity contribution in [1.29, 1.82) is 0 Å². The fraction of sp³-hybridized carbons (Fsp3) is 0.143. The van der Waals surface area contributed by atoms with Gasteiger partial charge in [-0.05, 0) is 22.6 Å². The van der Waals surface area contributed by atoms with Crippen LogP contribution in [0.1, 0.15) is 22.5 Å². The molecule has 0 aliphatic heterocycles. The van der Waals surface area contributed by atoms with Gasteiger partial charge in [0.25, 0.3) is 6.43 Å². The molecule has 3 nitrogen and oxygen atoms in total. The Morgan fingerprint density at radius 1 is 1.64 bits per heavy atom. The lowest BCUT2D eigenvalue weighted by atomic mass is 10.2. The van der Waals surface area contributed by atoms with Crippen LogP contribution in [0.3, 0.4) is 0 Å². The maximum absolute atomic E-state index is 12.4. The van der Waals surface area contributed by atoms with Crippen LogP contribution in [0, 0.1) is 3.57 Å². The summed E-state index contributed by atoms with van der Waals surface area (Å²) in [4.78, 5) is 14.0. The molecule has 1 aromatic heterocycles. The highest BCUT2D eigenvalue weighted by molar-refractivity contribution is 14.1. The average molecular weight is 333 g/mol. The summed E-state index contributed by atoms with van der Waals surface area (Å²) in [5, 5.41) is 8.07. The summed E-state index contributed by atoms with van der Waals surface area (Å²) in [5.41, 5.74) is -1.04. The van der Waals surface area contributed by atoms with Crippen LogP contribution < -0.4 is 0 Å². The Morgan fingerprint density at radius 3 is 2.64 bits per heavy atom. The van der Waals surface area contributed by atoms with Crippen molar-refractivity contribution >= 4 is 40.2 Å². The quantitative estimate of drug-likeness (QED) is 0.847. The van der Waals surface area contributed by atoms with E-state index < -0.39 is 28.7 Å². The fourth-order valence-electron chi connectivity index (χ4n) is 0.829. The Balaban J connectivity index is 3.41. The zero-order chi connectivity index (χ0) is 10.9. The number of alkyl halides is 2. The maximum atomic E-state index is 12.4. The van der Waals surface area contributed by atoms with E-state index >= 15 is 0 Å². The van der Waals surface area contributed by atoms with E-state index in [1.54, 1.807) is 22.6 Å². The number of aromatic nitrogens is 1. The van der Waals surface area contributed by atoms with Crippen molar-refractivity contribution in [3.8, 4) is 0 Å². The Kier molecular flexibility index (Phi) is 3.59. The number of halogens is 4. The van der Waals surface area contributed by atoms with Crippen molar-refractivity contribution in [2.45, 2.75) is 6.43 Å². The number of rotatable bonds is 2. The number of aromatic carboxylic acids is 1. The average Bonchev–Trinajstić information content (AvgIpc) is 2.02. The Hall–Kier alpha value is -0.500. The highest BCUT2D eigenvalue weighted by Crippen LogP contribution is 2.32. The lowest BCUT2D eigenvalue weighted by Crippen LogP contribution is -2.05. The zero-order valence-electron chi connectivity index (χ0n) is 6.47. The number of carbonyl (C=O) groups is 1. The van der Waals surface area contributed by atoms with Gasteiger partial charge in [-0.1, -0.05) is 11.6 Å². The predicted molar refractivity (Wildman–Crippen MR) is 53.9 cm³/mol. The summed E-state index contributed by atoms with van der Waals surface area (Å²) >= 11 is 7.10. The summed E-state index contributed by atoms with van der Waals surface area (Å²) in [6.45, 7) is 0. The Bertz CT molecular complexity index is 386. The molecular formula is C7H3ClF2INO2. The summed E-state index contributed by atoms with van der Waals surface area (Å²) in [7, 11) is 0. The number of hydrogen-bond donors (Lipinski definition) is 1. The third-order valence-electron chi connectivity index (χ3n) is 1.43.